The van der Waals surface area contributed by atoms with E-state index in [0.29, 0.717) is 0 Å². The van der Waals surface area contributed by atoms with Gasteiger partial charge in [0.05, 0.1) is 10.1 Å². The van der Waals surface area contributed by atoms with Gasteiger partial charge in [-0.2, -0.15) is 0 Å². The molecule has 0 aromatic carbocycles. The third-order valence-corrected chi connectivity index (χ3v) is 31.9. The lowest BCUT2D eigenvalue weighted by atomic mass is 10.9. The smallest absolute Gasteiger partial charge is 0.0505 e. The SMILES string of the molecule is c1cp(-c2p[pH]pc2-p2cpc(-c3pcp[pH]3)p2)pp1. The Kier molecular flexibility index (Phi) is 6.12. The molecule has 0 aliphatic heterocycles. The monoisotopic (exact) mass is 474 g/mol. The van der Waals surface area contributed by atoms with Crippen molar-refractivity contribution in [1.82, 2.24) is 0 Å². The molecule has 0 fully saturated rings. The highest BCUT2D eigenvalue weighted by atomic mass is 32.2. The van der Waals surface area contributed by atoms with Gasteiger partial charge in [-0.1, -0.05) is 46.2 Å². The van der Waals surface area contributed by atoms with Crippen molar-refractivity contribution >= 4 is 93.1 Å². The third kappa shape index (κ3) is 3.48. The number of hydrogen-bond acceptors (Lipinski definition) is 0. The van der Waals surface area contributed by atoms with Crippen molar-refractivity contribution in [3.05, 3.63) is 22.7 Å². The second-order valence-electron chi connectivity index (χ2n) is 3.67. The second kappa shape index (κ2) is 7.63. The van der Waals surface area contributed by atoms with Gasteiger partial charge in [-0.05, 0) is 69.6 Å². The summed E-state index contributed by atoms with van der Waals surface area (Å²) >= 11 is 0. The van der Waals surface area contributed by atoms with Gasteiger partial charge in [-0.25, -0.2) is 0 Å². The summed E-state index contributed by atoms with van der Waals surface area (Å²) in [7, 11) is 15.2. The van der Waals surface area contributed by atoms with Crippen molar-refractivity contribution in [1.29, 1.82) is 0 Å². The minimum atomic E-state index is 0.0450. The molecular weight excluding hydrogens is 468 g/mol. The molecule has 4 atom stereocenters. The van der Waals surface area contributed by atoms with Gasteiger partial charge in [0.25, 0.3) is 0 Å². The maximum absolute atomic E-state index is 2.66. The van der Waals surface area contributed by atoms with Crippen LogP contribution in [0.15, 0.2) is 22.7 Å². The Balaban J connectivity index is 1.78. The predicted octanol–water partition coefficient (Wildman–Crippen LogP) is 12.0. The Labute approximate surface area is 135 Å². The van der Waals surface area contributed by atoms with Crippen LogP contribution in [-0.2, 0) is 0 Å². The molecule has 98 valence electrons. The molecule has 4 unspecified atom stereocenters. The standard InChI is InChI=1S/C8H6P12/c1-2-19(18-11-1)7-8(15-17-14-7)20-4-10-6(16-20)5-9-3-12-13-5/h1-4,13,17H. The van der Waals surface area contributed by atoms with Crippen molar-refractivity contribution in [2.45, 2.75) is 0 Å². The van der Waals surface area contributed by atoms with Crippen LogP contribution >= 0.6 is 93.1 Å². The highest BCUT2D eigenvalue weighted by Gasteiger charge is 2.12. The van der Waals surface area contributed by atoms with Gasteiger partial charge in [0.15, 0.2) is 0 Å². The molecule has 0 bridgehead atoms. The van der Waals surface area contributed by atoms with Crippen LogP contribution < -0.4 is 0 Å². The first kappa shape index (κ1) is 16.1. The average Bonchev–Trinajstić information content (AvgIpc) is 3.23. The molecule has 4 aromatic rings. The summed E-state index contributed by atoms with van der Waals surface area (Å²) in [5.74, 6) is 4.91. The van der Waals surface area contributed by atoms with Crippen LogP contribution in [0.2, 0.25) is 0 Å². The molecule has 4 aromatic heterocycles. The lowest BCUT2D eigenvalue weighted by molar-refractivity contribution is 2.36. The molecule has 0 aliphatic rings. The van der Waals surface area contributed by atoms with E-state index in [4.69, 9.17) is 0 Å². The van der Waals surface area contributed by atoms with E-state index in [-0.39, 0.29) is 14.4 Å². The predicted molar refractivity (Wildman–Crippen MR) is 119 cm³/mol. The van der Waals surface area contributed by atoms with Gasteiger partial charge in [-0.15, -0.1) is 0 Å². The fraction of sp³-hybridized carbons (Fsp3) is 0. The van der Waals surface area contributed by atoms with Gasteiger partial charge in [0.1, 0.15) is 0 Å². The Bertz CT molecular complexity index is 806. The molecule has 4 rings (SSSR count). The summed E-state index contributed by atoms with van der Waals surface area (Å²) in [5.41, 5.74) is 5.08. The van der Waals surface area contributed by atoms with Crippen molar-refractivity contribution in [2.24, 2.45) is 0 Å². The topological polar surface area (TPSA) is 0 Å². The van der Waals surface area contributed by atoms with Crippen LogP contribution in [0, 0.1) is 0 Å². The molecule has 0 radical (unpaired) electrons. The number of hydrogen-bond donors (Lipinski definition) is 0. The van der Waals surface area contributed by atoms with E-state index >= 15 is 0 Å². The molecule has 20 heavy (non-hydrogen) atoms. The van der Waals surface area contributed by atoms with E-state index < -0.39 is 0 Å². The molecule has 0 amide bonds. The summed E-state index contributed by atoms with van der Waals surface area (Å²) in [6.45, 7) is 0. The first-order chi connectivity index (χ1) is 9.92. The van der Waals surface area contributed by atoms with Crippen molar-refractivity contribution in [2.75, 3.05) is 0 Å². The molecule has 0 N–H and O–H groups in total. The third-order valence-electron chi connectivity index (χ3n) is 2.49. The first-order valence-electron chi connectivity index (χ1n) is 5.47. The van der Waals surface area contributed by atoms with Crippen LogP contribution in [0.25, 0.3) is 20.1 Å². The largest absolute Gasteiger partial charge is 0.0966 e. The highest BCUT2D eigenvalue weighted by Crippen LogP contribution is 2.72. The summed E-state index contributed by atoms with van der Waals surface area (Å²) in [5, 5.41) is 7.27. The minimum Gasteiger partial charge on any atom is -0.0966 e. The summed E-state index contributed by atoms with van der Waals surface area (Å²) in [6.07, 6.45) is 0. The molecule has 0 spiro atoms. The van der Waals surface area contributed by atoms with Crippen LogP contribution in [0.3, 0.4) is 0 Å². The van der Waals surface area contributed by atoms with Crippen molar-refractivity contribution in [3.63, 3.8) is 0 Å². The second-order valence-corrected chi connectivity index (χ2v) is 26.1. The van der Waals surface area contributed by atoms with E-state index in [1.165, 1.54) is 16.1 Å². The Morgan fingerprint density at radius 1 is 1.05 bits per heavy atom. The molecule has 0 nitrogen and oxygen atoms in total. The zero-order chi connectivity index (χ0) is 13.4. The molecule has 4 heterocycles. The normalized spacial score (nSPS) is 16.8. The van der Waals surface area contributed by atoms with Gasteiger partial charge >= 0.3 is 0 Å². The van der Waals surface area contributed by atoms with Crippen molar-refractivity contribution in [3.8, 4) is 20.1 Å². The average molecular weight is 474 g/mol. The lowest BCUT2D eigenvalue weighted by Gasteiger charge is -1.98. The van der Waals surface area contributed by atoms with Crippen LogP contribution in [0.5, 0.6) is 0 Å². The quantitative estimate of drug-likeness (QED) is 0.277. The van der Waals surface area contributed by atoms with Gasteiger partial charge in [-0.3, -0.25) is 0 Å². The van der Waals surface area contributed by atoms with E-state index in [9.17, 15) is 0 Å². The van der Waals surface area contributed by atoms with E-state index in [2.05, 4.69) is 22.7 Å². The Morgan fingerprint density at radius 3 is 2.70 bits per heavy atom. The minimum absolute atomic E-state index is 0.0450. The van der Waals surface area contributed by atoms with E-state index in [0.717, 1.165) is 15.4 Å². The van der Waals surface area contributed by atoms with Gasteiger partial charge in [0, 0.05) is 10.1 Å². The van der Waals surface area contributed by atoms with Crippen LogP contribution in [-0.4, -0.2) is 0 Å². The van der Waals surface area contributed by atoms with E-state index in [1.54, 1.807) is 57.3 Å². The molecule has 0 saturated carbocycles. The molecule has 0 aliphatic carbocycles. The maximum atomic E-state index is 2.66. The van der Waals surface area contributed by atoms with E-state index in [1.807, 2.05) is 10.1 Å². The lowest BCUT2D eigenvalue weighted by Crippen LogP contribution is -1.48. The van der Waals surface area contributed by atoms with Crippen LogP contribution in [0.4, 0.5) is 0 Å². The van der Waals surface area contributed by atoms with Crippen LogP contribution in [0.1, 0.15) is 0 Å². The summed E-state index contributed by atoms with van der Waals surface area (Å²) < 4.78 is 0. The zero-order valence-corrected chi connectivity index (χ0v) is 20.7. The highest BCUT2D eigenvalue weighted by molar-refractivity contribution is 8.31. The Hall–Kier alpha value is 2.56. The van der Waals surface area contributed by atoms with Gasteiger partial charge in [0.2, 0.25) is 0 Å². The Morgan fingerprint density at radius 2 is 1.95 bits per heavy atom. The zero-order valence-electron chi connectivity index (χ0n) is 9.78. The maximum Gasteiger partial charge on any atom is 0.0505 e. The first-order valence-corrected chi connectivity index (χ1v) is 22.4. The molecular formula is C8H6P12. The fourth-order valence-electron chi connectivity index (χ4n) is 1.64. The summed E-state index contributed by atoms with van der Waals surface area (Å²) in [4.78, 5) is 0. The number of rotatable bonds is 3. The fourth-order valence-corrected chi connectivity index (χ4v) is 39.7. The van der Waals surface area contributed by atoms with Gasteiger partial charge < -0.3 is 0 Å². The van der Waals surface area contributed by atoms with Crippen molar-refractivity contribution < 1.29 is 0 Å². The molecule has 0 saturated heterocycles. The molecule has 12 heteroatoms. The summed E-state index contributed by atoms with van der Waals surface area (Å²) in [6, 6.07) is 0.